The summed E-state index contributed by atoms with van der Waals surface area (Å²) in [4.78, 5) is 12.6. The third kappa shape index (κ3) is 4.04. The predicted octanol–water partition coefficient (Wildman–Crippen LogP) is 4.87. The summed E-state index contributed by atoms with van der Waals surface area (Å²) in [6.45, 7) is 0.255. The Kier molecular flexibility index (Phi) is 5.49. The number of benzene rings is 3. The molecule has 0 fully saturated rings. The molecule has 0 spiro atoms. The van der Waals surface area contributed by atoms with Crippen LogP contribution in [0.1, 0.15) is 22.3 Å². The van der Waals surface area contributed by atoms with E-state index in [1.807, 2.05) is 0 Å². The van der Waals surface area contributed by atoms with Gasteiger partial charge in [-0.25, -0.2) is 12.8 Å². The number of hydrogen-bond acceptors (Lipinski definition) is 3. The summed E-state index contributed by atoms with van der Waals surface area (Å²) >= 11 is 5.96. The summed E-state index contributed by atoms with van der Waals surface area (Å²) in [5, 5.41) is 3.25. The molecule has 154 valence electrons. The average Bonchev–Trinajstić information content (AvgIpc) is 2.73. The number of hydrogen-bond donors (Lipinski definition) is 1. The lowest BCUT2D eigenvalue weighted by atomic mass is 10.0. The fraction of sp³-hybridized carbons (Fsp3) is 0.136. The standard InChI is InChI=1S/C22H18ClFN2O3S/c23-17-5-1-7-19(13-17)25-22(27)16-10-9-15-4-3-11-26(21(15)12-16)30(28,29)20-8-2-6-18(24)14-20/h1-2,5-10,12-14H,3-4,11H2,(H,25,27). The highest BCUT2D eigenvalue weighted by molar-refractivity contribution is 7.92. The molecule has 1 N–H and O–H groups in total. The molecule has 4 rings (SSSR count). The Bertz CT molecular complexity index is 1230. The fourth-order valence-corrected chi connectivity index (χ4v) is 5.21. The number of nitrogens with one attached hydrogen (secondary N) is 1. The van der Waals surface area contributed by atoms with Gasteiger partial charge in [0.1, 0.15) is 5.82 Å². The van der Waals surface area contributed by atoms with Gasteiger partial charge in [0.05, 0.1) is 10.6 Å². The molecule has 1 aliphatic heterocycles. The number of anilines is 2. The van der Waals surface area contributed by atoms with Crippen LogP contribution < -0.4 is 9.62 Å². The molecule has 3 aromatic carbocycles. The number of sulfonamides is 1. The number of halogens is 2. The molecular weight excluding hydrogens is 427 g/mol. The summed E-state index contributed by atoms with van der Waals surface area (Å²) in [5.74, 6) is -1.00. The first-order valence-corrected chi connectivity index (χ1v) is 11.1. The number of carbonyl (C=O) groups is 1. The zero-order chi connectivity index (χ0) is 21.3. The predicted molar refractivity (Wildman–Crippen MR) is 115 cm³/mol. The lowest BCUT2D eigenvalue weighted by Crippen LogP contribution is -2.35. The van der Waals surface area contributed by atoms with Crippen LogP contribution in [-0.4, -0.2) is 20.9 Å². The third-order valence-corrected chi connectivity index (χ3v) is 6.93. The van der Waals surface area contributed by atoms with Crippen molar-refractivity contribution in [2.75, 3.05) is 16.2 Å². The van der Waals surface area contributed by atoms with Crippen molar-refractivity contribution < 1.29 is 17.6 Å². The zero-order valence-electron chi connectivity index (χ0n) is 15.8. The van der Waals surface area contributed by atoms with Gasteiger partial charge < -0.3 is 5.32 Å². The van der Waals surface area contributed by atoms with E-state index in [4.69, 9.17) is 11.6 Å². The summed E-state index contributed by atoms with van der Waals surface area (Å²) < 4.78 is 41.2. The monoisotopic (exact) mass is 444 g/mol. The van der Waals surface area contributed by atoms with Crippen LogP contribution in [0, 0.1) is 5.82 Å². The van der Waals surface area contributed by atoms with E-state index in [9.17, 15) is 17.6 Å². The van der Waals surface area contributed by atoms with Gasteiger partial charge in [-0.3, -0.25) is 9.10 Å². The molecule has 0 radical (unpaired) electrons. The van der Waals surface area contributed by atoms with Crippen LogP contribution in [0.25, 0.3) is 0 Å². The van der Waals surface area contributed by atoms with Crippen molar-refractivity contribution in [1.29, 1.82) is 0 Å². The Morgan fingerprint density at radius 1 is 1.03 bits per heavy atom. The topological polar surface area (TPSA) is 66.5 Å². The number of nitrogens with zero attached hydrogens (tertiary/aromatic N) is 1. The molecule has 0 bridgehead atoms. The Labute approximate surface area is 179 Å². The van der Waals surface area contributed by atoms with Gasteiger partial charge in [-0.05, 0) is 66.9 Å². The summed E-state index contributed by atoms with van der Waals surface area (Å²) in [6.07, 6.45) is 1.33. The molecule has 3 aromatic rings. The lowest BCUT2D eigenvalue weighted by molar-refractivity contribution is 0.102. The van der Waals surface area contributed by atoms with Gasteiger partial charge in [0, 0.05) is 22.8 Å². The minimum Gasteiger partial charge on any atom is -0.322 e. The molecule has 0 atom stereocenters. The quantitative estimate of drug-likeness (QED) is 0.624. The van der Waals surface area contributed by atoms with Crippen molar-refractivity contribution in [3.63, 3.8) is 0 Å². The van der Waals surface area contributed by atoms with Crippen LogP contribution in [0.3, 0.4) is 0 Å². The second kappa shape index (κ2) is 8.08. The van der Waals surface area contributed by atoms with E-state index in [0.717, 1.165) is 11.6 Å². The molecule has 1 heterocycles. The van der Waals surface area contributed by atoms with E-state index < -0.39 is 15.8 Å². The van der Waals surface area contributed by atoms with Gasteiger partial charge >= 0.3 is 0 Å². The molecule has 0 aliphatic carbocycles. The average molecular weight is 445 g/mol. The van der Waals surface area contributed by atoms with Crippen LogP contribution in [0.15, 0.2) is 71.6 Å². The highest BCUT2D eigenvalue weighted by Crippen LogP contribution is 2.33. The SMILES string of the molecule is O=C(Nc1cccc(Cl)c1)c1ccc2c(c1)N(S(=O)(=O)c1cccc(F)c1)CCC2. The zero-order valence-corrected chi connectivity index (χ0v) is 17.4. The second-order valence-corrected chi connectivity index (χ2v) is 9.24. The minimum absolute atomic E-state index is 0.121. The van der Waals surface area contributed by atoms with Crippen LogP contribution in [0.2, 0.25) is 5.02 Å². The van der Waals surface area contributed by atoms with Gasteiger partial charge in [0.15, 0.2) is 0 Å². The Morgan fingerprint density at radius 2 is 1.83 bits per heavy atom. The molecular formula is C22H18ClFN2O3S. The van der Waals surface area contributed by atoms with E-state index in [-0.39, 0.29) is 17.3 Å². The highest BCUT2D eigenvalue weighted by Gasteiger charge is 2.30. The molecule has 8 heteroatoms. The Hall–Kier alpha value is -2.90. The lowest BCUT2D eigenvalue weighted by Gasteiger charge is -2.31. The van der Waals surface area contributed by atoms with E-state index in [1.165, 1.54) is 22.5 Å². The Balaban J connectivity index is 1.69. The maximum Gasteiger partial charge on any atom is 0.264 e. The first-order chi connectivity index (χ1) is 14.3. The van der Waals surface area contributed by atoms with Gasteiger partial charge in [-0.1, -0.05) is 29.8 Å². The van der Waals surface area contributed by atoms with E-state index in [2.05, 4.69) is 5.32 Å². The molecule has 1 amide bonds. The molecule has 0 saturated heterocycles. The molecule has 5 nitrogen and oxygen atoms in total. The molecule has 1 aliphatic rings. The maximum absolute atomic E-state index is 13.6. The Morgan fingerprint density at radius 3 is 2.60 bits per heavy atom. The second-order valence-electron chi connectivity index (χ2n) is 6.95. The van der Waals surface area contributed by atoms with Gasteiger partial charge in [0.25, 0.3) is 15.9 Å². The van der Waals surface area contributed by atoms with Gasteiger partial charge in [-0.15, -0.1) is 0 Å². The van der Waals surface area contributed by atoms with Gasteiger partial charge in [-0.2, -0.15) is 0 Å². The number of rotatable bonds is 4. The van der Waals surface area contributed by atoms with Crippen molar-refractivity contribution in [3.05, 3.63) is 88.7 Å². The van der Waals surface area contributed by atoms with Crippen molar-refractivity contribution in [2.24, 2.45) is 0 Å². The van der Waals surface area contributed by atoms with Crippen LogP contribution in [0.5, 0.6) is 0 Å². The minimum atomic E-state index is -3.96. The maximum atomic E-state index is 13.6. The highest BCUT2D eigenvalue weighted by atomic mass is 35.5. The van der Waals surface area contributed by atoms with Crippen molar-refractivity contribution in [3.8, 4) is 0 Å². The van der Waals surface area contributed by atoms with E-state index >= 15 is 0 Å². The molecule has 30 heavy (non-hydrogen) atoms. The van der Waals surface area contributed by atoms with Crippen molar-refractivity contribution in [2.45, 2.75) is 17.7 Å². The smallest absolute Gasteiger partial charge is 0.264 e. The van der Waals surface area contributed by atoms with Crippen LogP contribution in [-0.2, 0) is 16.4 Å². The fourth-order valence-electron chi connectivity index (χ4n) is 3.46. The molecule has 0 aromatic heterocycles. The first-order valence-electron chi connectivity index (χ1n) is 9.33. The van der Waals surface area contributed by atoms with Crippen LogP contribution >= 0.6 is 11.6 Å². The van der Waals surface area contributed by atoms with E-state index in [0.29, 0.717) is 34.8 Å². The summed E-state index contributed by atoms with van der Waals surface area (Å²) in [6, 6.07) is 16.7. The summed E-state index contributed by atoms with van der Waals surface area (Å²) in [5.41, 5.74) is 2.11. The van der Waals surface area contributed by atoms with Crippen LogP contribution in [0.4, 0.5) is 15.8 Å². The van der Waals surface area contributed by atoms with E-state index in [1.54, 1.807) is 42.5 Å². The third-order valence-electron chi connectivity index (χ3n) is 4.89. The van der Waals surface area contributed by atoms with Gasteiger partial charge in [0.2, 0.25) is 0 Å². The molecule has 0 saturated carbocycles. The summed E-state index contributed by atoms with van der Waals surface area (Å²) in [7, 11) is -3.96. The largest absolute Gasteiger partial charge is 0.322 e. The normalized spacial score (nSPS) is 13.6. The number of carbonyl (C=O) groups excluding carboxylic acids is 1. The van der Waals surface area contributed by atoms with Crippen molar-refractivity contribution in [1.82, 2.24) is 0 Å². The number of fused-ring (bicyclic) bond motifs is 1. The number of aryl methyl sites for hydroxylation is 1. The van der Waals surface area contributed by atoms with Crippen molar-refractivity contribution >= 4 is 38.9 Å². The number of amides is 1. The first kappa shape index (κ1) is 20.4. The molecule has 0 unspecified atom stereocenters.